The highest BCUT2D eigenvalue weighted by molar-refractivity contribution is 6.36. The zero-order valence-electron chi connectivity index (χ0n) is 20.4. The topological polar surface area (TPSA) is 56.6 Å². The SMILES string of the molecule is CC1(C)C2=C(C(=O)c3cc(Cl)c(N4CCC(N5CCOCC5)CC4)cc31)c1ccc(C#N)cc1C2. The van der Waals surface area contributed by atoms with Crippen LogP contribution in [0.4, 0.5) is 5.69 Å². The fourth-order valence-electron chi connectivity index (χ4n) is 6.51. The molecule has 2 saturated heterocycles. The van der Waals surface area contributed by atoms with Crippen LogP contribution in [-0.4, -0.2) is 56.1 Å². The van der Waals surface area contributed by atoms with Crippen molar-refractivity contribution in [3.8, 4) is 6.07 Å². The molecule has 0 radical (unpaired) electrons. The number of rotatable bonds is 2. The number of nitrogens with zero attached hydrogens (tertiary/aromatic N) is 3. The molecule has 6 heteroatoms. The highest BCUT2D eigenvalue weighted by Crippen LogP contribution is 2.51. The van der Waals surface area contributed by atoms with Gasteiger partial charge in [0.05, 0.1) is 35.6 Å². The summed E-state index contributed by atoms with van der Waals surface area (Å²) >= 11 is 6.85. The van der Waals surface area contributed by atoms with Gasteiger partial charge in [0.15, 0.2) is 5.78 Å². The Balaban J connectivity index is 1.31. The predicted molar refractivity (Wildman–Crippen MR) is 138 cm³/mol. The monoisotopic (exact) mass is 487 g/mol. The molecule has 4 aliphatic rings. The molecule has 6 rings (SSSR count). The Hall–Kier alpha value is -2.65. The van der Waals surface area contributed by atoms with Gasteiger partial charge < -0.3 is 9.64 Å². The quantitative estimate of drug-likeness (QED) is 0.597. The first-order chi connectivity index (χ1) is 16.9. The average Bonchev–Trinajstić information content (AvgIpc) is 3.28. The van der Waals surface area contributed by atoms with Crippen molar-refractivity contribution in [3.05, 3.63) is 68.7 Å². The zero-order chi connectivity index (χ0) is 24.3. The third-order valence-corrected chi connectivity index (χ3v) is 8.83. The third kappa shape index (κ3) is 3.62. The Labute approximate surface area is 211 Å². The fourth-order valence-corrected chi connectivity index (χ4v) is 6.79. The van der Waals surface area contributed by atoms with E-state index in [2.05, 4.69) is 35.8 Å². The maximum Gasteiger partial charge on any atom is 0.194 e. The first-order valence-electron chi connectivity index (χ1n) is 12.6. The molecule has 2 aromatic carbocycles. The van der Waals surface area contributed by atoms with E-state index in [-0.39, 0.29) is 11.2 Å². The molecular weight excluding hydrogens is 458 g/mol. The maximum atomic E-state index is 13.8. The van der Waals surface area contributed by atoms with E-state index in [1.54, 1.807) is 6.07 Å². The van der Waals surface area contributed by atoms with Gasteiger partial charge in [0, 0.05) is 48.8 Å². The van der Waals surface area contributed by atoms with Gasteiger partial charge in [-0.1, -0.05) is 31.5 Å². The molecule has 35 heavy (non-hydrogen) atoms. The van der Waals surface area contributed by atoms with Gasteiger partial charge in [0.2, 0.25) is 0 Å². The summed E-state index contributed by atoms with van der Waals surface area (Å²) in [4.78, 5) is 18.7. The van der Waals surface area contributed by atoms with Crippen LogP contribution in [0.25, 0.3) is 5.57 Å². The van der Waals surface area contributed by atoms with Crippen molar-refractivity contribution in [1.29, 1.82) is 5.26 Å². The number of hydrogen-bond acceptors (Lipinski definition) is 5. The number of nitriles is 1. The highest BCUT2D eigenvalue weighted by Gasteiger charge is 2.43. The van der Waals surface area contributed by atoms with Crippen LogP contribution in [0.2, 0.25) is 5.02 Å². The van der Waals surface area contributed by atoms with Crippen LogP contribution >= 0.6 is 11.6 Å². The first kappa shape index (κ1) is 22.8. The van der Waals surface area contributed by atoms with Gasteiger partial charge in [-0.05, 0) is 65.8 Å². The van der Waals surface area contributed by atoms with Crippen LogP contribution in [-0.2, 0) is 16.6 Å². The highest BCUT2D eigenvalue weighted by atomic mass is 35.5. The number of Topliss-reactive ketones (excluding diaryl/α,β-unsaturated/α-hetero) is 1. The summed E-state index contributed by atoms with van der Waals surface area (Å²) in [6.45, 7) is 10.1. The first-order valence-corrected chi connectivity index (χ1v) is 13.0. The lowest BCUT2D eigenvalue weighted by Crippen LogP contribution is -2.49. The number of carbonyl (C=O) groups excluding carboxylic acids is 1. The van der Waals surface area contributed by atoms with Crippen molar-refractivity contribution < 1.29 is 9.53 Å². The summed E-state index contributed by atoms with van der Waals surface area (Å²) < 4.78 is 5.52. The Kier molecular flexibility index (Phi) is 5.52. The number of morpholine rings is 1. The minimum Gasteiger partial charge on any atom is -0.379 e. The number of halogens is 1. The molecule has 0 spiro atoms. The van der Waals surface area contributed by atoms with E-state index in [1.807, 2.05) is 18.2 Å². The lowest BCUT2D eigenvalue weighted by Gasteiger charge is -2.42. The van der Waals surface area contributed by atoms with E-state index in [4.69, 9.17) is 16.3 Å². The lowest BCUT2D eigenvalue weighted by molar-refractivity contribution is 0.0115. The number of allylic oxidation sites excluding steroid dienone is 2. The van der Waals surface area contributed by atoms with E-state index in [1.165, 1.54) is 0 Å². The van der Waals surface area contributed by atoms with E-state index in [0.717, 1.165) is 85.8 Å². The van der Waals surface area contributed by atoms with Crippen molar-refractivity contribution >= 4 is 28.6 Å². The smallest absolute Gasteiger partial charge is 0.194 e. The molecule has 0 saturated carbocycles. The molecule has 0 amide bonds. The summed E-state index contributed by atoms with van der Waals surface area (Å²) in [6.07, 6.45) is 2.93. The number of fused-ring (bicyclic) bond motifs is 3. The molecule has 2 aromatic rings. The minimum absolute atomic E-state index is 0.0530. The van der Waals surface area contributed by atoms with Gasteiger partial charge in [-0.3, -0.25) is 9.69 Å². The second-order valence-electron chi connectivity index (χ2n) is 10.7. The third-order valence-electron chi connectivity index (χ3n) is 8.53. The number of ether oxygens (including phenoxy) is 1. The van der Waals surface area contributed by atoms with Crippen LogP contribution < -0.4 is 4.90 Å². The van der Waals surface area contributed by atoms with Crippen molar-refractivity contribution in [1.82, 2.24) is 4.90 Å². The van der Waals surface area contributed by atoms with Crippen LogP contribution in [0.1, 0.15) is 59.3 Å². The van der Waals surface area contributed by atoms with Crippen LogP contribution in [0.15, 0.2) is 35.9 Å². The van der Waals surface area contributed by atoms with Gasteiger partial charge in [-0.15, -0.1) is 0 Å². The molecular formula is C29H30ClN3O2. The molecule has 0 bridgehead atoms. The summed E-state index contributed by atoms with van der Waals surface area (Å²) in [6, 6.07) is 12.6. The van der Waals surface area contributed by atoms with Gasteiger partial charge in [-0.25, -0.2) is 0 Å². The van der Waals surface area contributed by atoms with Crippen molar-refractivity contribution in [3.63, 3.8) is 0 Å². The lowest BCUT2D eigenvalue weighted by atomic mass is 9.68. The number of carbonyl (C=O) groups is 1. The second-order valence-corrected chi connectivity index (χ2v) is 11.1. The minimum atomic E-state index is -0.296. The van der Waals surface area contributed by atoms with E-state index in [9.17, 15) is 10.1 Å². The normalized spacial score (nSPS) is 22.0. The molecule has 2 aliphatic heterocycles. The van der Waals surface area contributed by atoms with Gasteiger partial charge in [0.1, 0.15) is 0 Å². The Bertz CT molecular complexity index is 1290. The predicted octanol–water partition coefficient (Wildman–Crippen LogP) is 5.00. The summed E-state index contributed by atoms with van der Waals surface area (Å²) in [7, 11) is 0. The van der Waals surface area contributed by atoms with Gasteiger partial charge >= 0.3 is 0 Å². The van der Waals surface area contributed by atoms with E-state index >= 15 is 0 Å². The standard InChI is InChI=1S/C29H30ClN3O2/c1-29(2)23-16-26(33-7-5-20(6-8-33)32-9-11-35-12-10-32)25(30)15-22(23)28(34)27-21-4-3-18(17-31)13-19(21)14-24(27)29/h3-4,13,15-16,20H,5-12,14H2,1-2H3. The van der Waals surface area contributed by atoms with Gasteiger partial charge in [-0.2, -0.15) is 5.26 Å². The molecule has 180 valence electrons. The van der Waals surface area contributed by atoms with Crippen LogP contribution in [0.5, 0.6) is 0 Å². The molecule has 0 aromatic heterocycles. The Morgan fingerprint density at radius 1 is 1.06 bits per heavy atom. The maximum absolute atomic E-state index is 13.8. The van der Waals surface area contributed by atoms with E-state index in [0.29, 0.717) is 28.6 Å². The molecule has 2 fully saturated rings. The largest absolute Gasteiger partial charge is 0.379 e. The molecule has 0 atom stereocenters. The number of benzene rings is 2. The summed E-state index contributed by atoms with van der Waals surface area (Å²) in [5.74, 6) is 0.0530. The summed E-state index contributed by atoms with van der Waals surface area (Å²) in [5, 5.41) is 9.99. The molecule has 0 unspecified atom stereocenters. The Morgan fingerprint density at radius 2 is 1.80 bits per heavy atom. The number of anilines is 1. The molecule has 2 heterocycles. The number of piperidine rings is 1. The molecule has 0 N–H and O–H groups in total. The zero-order valence-corrected chi connectivity index (χ0v) is 21.1. The summed E-state index contributed by atoms with van der Waals surface area (Å²) in [5.41, 5.74) is 7.14. The van der Waals surface area contributed by atoms with Crippen molar-refractivity contribution in [2.45, 2.75) is 44.6 Å². The molecule has 5 nitrogen and oxygen atoms in total. The van der Waals surface area contributed by atoms with Crippen molar-refractivity contribution in [2.24, 2.45) is 0 Å². The van der Waals surface area contributed by atoms with Crippen molar-refractivity contribution in [2.75, 3.05) is 44.3 Å². The van der Waals surface area contributed by atoms with Gasteiger partial charge in [0.25, 0.3) is 0 Å². The van der Waals surface area contributed by atoms with E-state index < -0.39 is 0 Å². The van der Waals surface area contributed by atoms with Crippen LogP contribution in [0.3, 0.4) is 0 Å². The fraction of sp³-hybridized carbons (Fsp3) is 0.448. The average molecular weight is 488 g/mol. The molecule has 2 aliphatic carbocycles. The van der Waals surface area contributed by atoms with Crippen LogP contribution in [0, 0.1) is 11.3 Å². The second kappa shape index (κ2) is 8.48. The number of hydrogen-bond donors (Lipinski definition) is 0. The number of ketones is 1. The Morgan fingerprint density at radius 3 is 2.51 bits per heavy atom.